The molecule has 3 heteroatoms. The van der Waals surface area contributed by atoms with Crippen LogP contribution in [0.2, 0.25) is 0 Å². The summed E-state index contributed by atoms with van der Waals surface area (Å²) in [5.41, 5.74) is 11.2. The molecular weight excluding hydrogens is 599 g/mol. The largest absolute Gasteiger partial charge is 0.456 e. The summed E-state index contributed by atoms with van der Waals surface area (Å²) in [6, 6.07) is 62.0. The number of nitrogens with zero attached hydrogens (tertiary/aromatic N) is 1. The molecule has 0 amide bonds. The van der Waals surface area contributed by atoms with Crippen LogP contribution in [0, 0.1) is 0 Å². The molecule has 230 valence electrons. The van der Waals surface area contributed by atoms with Gasteiger partial charge in [0, 0.05) is 50.2 Å². The SMILES string of the molecule is c1ccc(-c2ccc(N(c3ccc4ccccc4c3)c3ccc4c(c3)oc3cc5c(cc34)oc3c(-c4ccccc4)cccc35)cc2)cc1. The molecule has 0 saturated heterocycles. The molecule has 2 aromatic heterocycles. The van der Waals surface area contributed by atoms with E-state index in [0.29, 0.717) is 0 Å². The molecule has 0 atom stereocenters. The molecule has 8 aromatic carbocycles. The second kappa shape index (κ2) is 11.0. The number of hydrogen-bond donors (Lipinski definition) is 0. The first kappa shape index (κ1) is 27.5. The molecule has 0 saturated carbocycles. The summed E-state index contributed by atoms with van der Waals surface area (Å²) in [6.45, 7) is 0. The molecule has 3 nitrogen and oxygen atoms in total. The first-order chi connectivity index (χ1) is 24.3. The standard InChI is InChI=1S/C46H29NO2/c1-3-10-30(11-4-1)32-18-21-35(22-19-32)47(36-23-20-31-12-7-8-15-34(31)26-36)37-24-25-39-41-28-45-42(29-44(41)48-43(39)27-37)40-17-9-16-38(46(40)49-45)33-13-5-2-6-14-33/h1-29H. The van der Waals surface area contributed by atoms with E-state index in [4.69, 9.17) is 8.83 Å². The van der Waals surface area contributed by atoms with Gasteiger partial charge >= 0.3 is 0 Å². The molecule has 0 fully saturated rings. The zero-order chi connectivity index (χ0) is 32.3. The molecule has 0 radical (unpaired) electrons. The lowest BCUT2D eigenvalue weighted by Crippen LogP contribution is -2.09. The maximum Gasteiger partial charge on any atom is 0.143 e. The van der Waals surface area contributed by atoms with E-state index < -0.39 is 0 Å². The van der Waals surface area contributed by atoms with Crippen LogP contribution in [0.1, 0.15) is 0 Å². The fourth-order valence-electron chi connectivity index (χ4n) is 7.24. The van der Waals surface area contributed by atoms with E-state index in [9.17, 15) is 0 Å². The molecule has 0 bridgehead atoms. The maximum absolute atomic E-state index is 6.64. The number of rotatable bonds is 5. The van der Waals surface area contributed by atoms with Crippen LogP contribution in [0.3, 0.4) is 0 Å². The van der Waals surface area contributed by atoms with Gasteiger partial charge in [-0.1, -0.05) is 121 Å². The zero-order valence-electron chi connectivity index (χ0n) is 26.5. The van der Waals surface area contributed by atoms with Gasteiger partial charge in [-0.3, -0.25) is 0 Å². The molecule has 0 aliphatic heterocycles. The van der Waals surface area contributed by atoms with Crippen molar-refractivity contribution in [3.8, 4) is 22.3 Å². The Balaban J connectivity index is 1.11. The van der Waals surface area contributed by atoms with E-state index in [1.165, 1.54) is 21.9 Å². The Morgan fingerprint density at radius 2 is 0.918 bits per heavy atom. The van der Waals surface area contributed by atoms with Crippen molar-refractivity contribution < 1.29 is 8.83 Å². The van der Waals surface area contributed by atoms with Gasteiger partial charge < -0.3 is 13.7 Å². The third-order valence-electron chi connectivity index (χ3n) is 9.64. The number of furan rings is 2. The summed E-state index contributed by atoms with van der Waals surface area (Å²) in [4.78, 5) is 2.30. The van der Waals surface area contributed by atoms with Gasteiger partial charge in [0.25, 0.3) is 0 Å². The van der Waals surface area contributed by atoms with Gasteiger partial charge in [0.15, 0.2) is 0 Å². The number of para-hydroxylation sites is 1. The van der Waals surface area contributed by atoms with Crippen molar-refractivity contribution >= 4 is 71.7 Å². The van der Waals surface area contributed by atoms with Crippen molar-refractivity contribution in [3.05, 3.63) is 176 Å². The number of hydrogen-bond acceptors (Lipinski definition) is 3. The minimum absolute atomic E-state index is 0.834. The summed E-state index contributed by atoms with van der Waals surface area (Å²) in [5.74, 6) is 0. The maximum atomic E-state index is 6.64. The summed E-state index contributed by atoms with van der Waals surface area (Å²) >= 11 is 0. The third-order valence-corrected chi connectivity index (χ3v) is 9.64. The first-order valence-electron chi connectivity index (χ1n) is 16.6. The van der Waals surface area contributed by atoms with Gasteiger partial charge in [-0.2, -0.15) is 0 Å². The van der Waals surface area contributed by atoms with Crippen LogP contribution in [0.25, 0.3) is 76.9 Å². The van der Waals surface area contributed by atoms with Crippen molar-refractivity contribution in [1.82, 2.24) is 0 Å². The van der Waals surface area contributed by atoms with Crippen molar-refractivity contribution in [3.63, 3.8) is 0 Å². The van der Waals surface area contributed by atoms with Crippen LogP contribution < -0.4 is 4.90 Å². The van der Waals surface area contributed by atoms with Gasteiger partial charge in [-0.25, -0.2) is 0 Å². The summed E-state index contributed by atoms with van der Waals surface area (Å²) in [5, 5.41) is 6.64. The molecule has 0 aliphatic carbocycles. The Morgan fingerprint density at radius 1 is 0.327 bits per heavy atom. The van der Waals surface area contributed by atoms with Crippen LogP contribution >= 0.6 is 0 Å². The van der Waals surface area contributed by atoms with Crippen molar-refractivity contribution in [2.75, 3.05) is 4.90 Å². The molecular formula is C46H29NO2. The predicted octanol–water partition coefficient (Wildman–Crippen LogP) is 13.4. The zero-order valence-corrected chi connectivity index (χ0v) is 26.5. The minimum atomic E-state index is 0.834. The van der Waals surface area contributed by atoms with Gasteiger partial charge in [-0.15, -0.1) is 0 Å². The van der Waals surface area contributed by atoms with Crippen LogP contribution in [0.5, 0.6) is 0 Å². The molecule has 0 spiro atoms. The summed E-state index contributed by atoms with van der Waals surface area (Å²) < 4.78 is 13.2. The first-order valence-corrected chi connectivity index (χ1v) is 16.6. The Kier molecular flexibility index (Phi) is 6.18. The Morgan fingerprint density at radius 3 is 1.71 bits per heavy atom. The average molecular weight is 628 g/mol. The van der Waals surface area contributed by atoms with Crippen LogP contribution in [0.4, 0.5) is 17.1 Å². The highest BCUT2D eigenvalue weighted by Crippen LogP contribution is 2.43. The van der Waals surface area contributed by atoms with Crippen LogP contribution in [-0.4, -0.2) is 0 Å². The van der Waals surface area contributed by atoms with E-state index in [1.54, 1.807) is 0 Å². The fourth-order valence-corrected chi connectivity index (χ4v) is 7.24. The summed E-state index contributed by atoms with van der Waals surface area (Å²) in [7, 11) is 0. The number of fused-ring (bicyclic) bond motifs is 7. The van der Waals surface area contributed by atoms with E-state index in [2.05, 4.69) is 175 Å². The summed E-state index contributed by atoms with van der Waals surface area (Å²) in [6.07, 6.45) is 0. The molecule has 0 unspecified atom stereocenters. The van der Waals surface area contributed by atoms with E-state index in [0.717, 1.165) is 72.1 Å². The topological polar surface area (TPSA) is 29.5 Å². The number of anilines is 3. The van der Waals surface area contributed by atoms with Crippen molar-refractivity contribution in [1.29, 1.82) is 0 Å². The van der Waals surface area contributed by atoms with Gasteiger partial charge in [0.1, 0.15) is 22.3 Å². The van der Waals surface area contributed by atoms with Gasteiger partial charge in [-0.05, 0) is 76.0 Å². The van der Waals surface area contributed by atoms with E-state index in [1.807, 2.05) is 6.07 Å². The van der Waals surface area contributed by atoms with E-state index >= 15 is 0 Å². The molecule has 49 heavy (non-hydrogen) atoms. The monoisotopic (exact) mass is 627 g/mol. The quantitative estimate of drug-likeness (QED) is 0.190. The molecule has 2 heterocycles. The average Bonchev–Trinajstić information content (AvgIpc) is 3.72. The van der Waals surface area contributed by atoms with Gasteiger partial charge in [0.2, 0.25) is 0 Å². The highest BCUT2D eigenvalue weighted by molar-refractivity contribution is 6.16. The predicted molar refractivity (Wildman–Crippen MR) is 204 cm³/mol. The second-order valence-corrected chi connectivity index (χ2v) is 12.6. The molecule has 10 aromatic rings. The molecule has 0 N–H and O–H groups in total. The highest BCUT2D eigenvalue weighted by Gasteiger charge is 2.19. The second-order valence-electron chi connectivity index (χ2n) is 12.6. The molecule has 0 aliphatic rings. The lowest BCUT2D eigenvalue weighted by atomic mass is 10.0. The Bertz CT molecular complexity index is 2810. The highest BCUT2D eigenvalue weighted by atomic mass is 16.3. The third kappa shape index (κ3) is 4.59. The Hall–Kier alpha value is -6.58. The van der Waals surface area contributed by atoms with Crippen LogP contribution in [-0.2, 0) is 0 Å². The van der Waals surface area contributed by atoms with E-state index in [-0.39, 0.29) is 0 Å². The van der Waals surface area contributed by atoms with Gasteiger partial charge in [0.05, 0.1) is 0 Å². The normalized spacial score (nSPS) is 11.7. The Labute approximate surface area is 282 Å². The minimum Gasteiger partial charge on any atom is -0.456 e. The van der Waals surface area contributed by atoms with Crippen molar-refractivity contribution in [2.45, 2.75) is 0 Å². The lowest BCUT2D eigenvalue weighted by Gasteiger charge is -2.26. The lowest BCUT2D eigenvalue weighted by molar-refractivity contribution is 0.664. The molecule has 10 rings (SSSR count). The smallest absolute Gasteiger partial charge is 0.143 e. The fraction of sp³-hybridized carbons (Fsp3) is 0. The van der Waals surface area contributed by atoms with Crippen molar-refractivity contribution in [2.24, 2.45) is 0 Å². The van der Waals surface area contributed by atoms with Crippen LogP contribution in [0.15, 0.2) is 185 Å². The number of benzene rings is 8.